The zero-order chi connectivity index (χ0) is 14.4. The van der Waals surface area contributed by atoms with Gasteiger partial charge in [-0.2, -0.15) is 5.10 Å². The Hall–Kier alpha value is -1.40. The molecule has 0 bridgehead atoms. The Morgan fingerprint density at radius 1 is 1.45 bits per heavy atom. The van der Waals surface area contributed by atoms with Crippen molar-refractivity contribution in [2.24, 2.45) is 0 Å². The number of rotatable bonds is 6. The van der Waals surface area contributed by atoms with Gasteiger partial charge in [-0.3, -0.25) is 4.79 Å². The van der Waals surface area contributed by atoms with E-state index in [0.717, 1.165) is 38.3 Å². The van der Waals surface area contributed by atoms with Gasteiger partial charge in [0.2, 0.25) is 5.91 Å². The highest BCUT2D eigenvalue weighted by molar-refractivity contribution is 5.89. The van der Waals surface area contributed by atoms with Gasteiger partial charge in [-0.25, -0.2) is 4.68 Å². The molecule has 2 heterocycles. The van der Waals surface area contributed by atoms with Gasteiger partial charge in [0.15, 0.2) is 0 Å². The third-order valence-electron chi connectivity index (χ3n) is 3.89. The highest BCUT2D eigenvalue weighted by atomic mass is 16.1. The fourth-order valence-corrected chi connectivity index (χ4v) is 2.63. The van der Waals surface area contributed by atoms with Crippen LogP contribution in [-0.2, 0) is 4.79 Å². The van der Waals surface area contributed by atoms with E-state index in [4.69, 9.17) is 0 Å². The molecule has 0 atom stereocenters. The van der Waals surface area contributed by atoms with Crippen LogP contribution in [0.25, 0.3) is 0 Å². The third kappa shape index (κ3) is 3.80. The summed E-state index contributed by atoms with van der Waals surface area (Å²) in [6.07, 6.45) is 4.43. The average molecular weight is 279 g/mol. The monoisotopic (exact) mass is 279 g/mol. The van der Waals surface area contributed by atoms with Crippen LogP contribution in [-0.4, -0.2) is 53.8 Å². The van der Waals surface area contributed by atoms with E-state index in [0.29, 0.717) is 19.0 Å². The van der Waals surface area contributed by atoms with Crippen LogP contribution in [0.1, 0.15) is 32.2 Å². The van der Waals surface area contributed by atoms with Gasteiger partial charge in [-0.15, -0.1) is 0 Å². The van der Waals surface area contributed by atoms with Crippen molar-refractivity contribution >= 4 is 11.7 Å². The molecule has 2 N–H and O–H groups in total. The lowest BCUT2D eigenvalue weighted by Gasteiger charge is -2.31. The first-order valence-corrected chi connectivity index (χ1v) is 7.45. The number of amides is 1. The van der Waals surface area contributed by atoms with Gasteiger partial charge < -0.3 is 15.5 Å². The third-order valence-corrected chi connectivity index (χ3v) is 3.89. The molecule has 1 aliphatic rings. The Kier molecular flexibility index (Phi) is 5.55. The molecule has 2 rings (SSSR count). The highest BCUT2D eigenvalue weighted by Gasteiger charge is 2.22. The van der Waals surface area contributed by atoms with Gasteiger partial charge in [0.05, 0.1) is 12.2 Å². The van der Waals surface area contributed by atoms with Crippen molar-refractivity contribution in [3.05, 3.63) is 12.3 Å². The Labute approximate surface area is 120 Å². The lowest BCUT2D eigenvalue weighted by Crippen LogP contribution is -2.35. The molecule has 1 amide bonds. The molecule has 6 heteroatoms. The van der Waals surface area contributed by atoms with E-state index >= 15 is 0 Å². The number of carbonyl (C=O) groups excluding carboxylic acids is 1. The smallest absolute Gasteiger partial charge is 0.226 e. The van der Waals surface area contributed by atoms with Crippen LogP contribution < -0.4 is 10.6 Å². The van der Waals surface area contributed by atoms with Crippen LogP contribution in [0.4, 0.5) is 5.82 Å². The summed E-state index contributed by atoms with van der Waals surface area (Å²) in [5, 5.41) is 10.3. The van der Waals surface area contributed by atoms with Gasteiger partial charge in [-0.1, -0.05) is 6.92 Å². The van der Waals surface area contributed by atoms with E-state index in [9.17, 15) is 4.79 Å². The zero-order valence-electron chi connectivity index (χ0n) is 12.4. The molecule has 112 valence electrons. The summed E-state index contributed by atoms with van der Waals surface area (Å²) in [7, 11) is 1.85. The minimum absolute atomic E-state index is 0.0343. The summed E-state index contributed by atoms with van der Waals surface area (Å²) in [6.45, 7) is 6.21. The van der Waals surface area contributed by atoms with E-state index < -0.39 is 0 Å². The maximum absolute atomic E-state index is 11.8. The molecule has 0 spiro atoms. The van der Waals surface area contributed by atoms with Crippen LogP contribution in [0.5, 0.6) is 0 Å². The van der Waals surface area contributed by atoms with E-state index in [2.05, 4.69) is 27.6 Å². The predicted molar refractivity (Wildman–Crippen MR) is 79.8 cm³/mol. The van der Waals surface area contributed by atoms with Gasteiger partial charge >= 0.3 is 0 Å². The number of aromatic nitrogens is 2. The molecular formula is C14H25N5O. The quantitative estimate of drug-likeness (QED) is 0.818. The molecule has 0 aliphatic carbocycles. The number of anilines is 1. The second-order valence-electron chi connectivity index (χ2n) is 5.23. The number of nitrogens with one attached hydrogen (secondary N) is 2. The van der Waals surface area contributed by atoms with E-state index in [-0.39, 0.29) is 5.91 Å². The number of carbonyl (C=O) groups is 1. The van der Waals surface area contributed by atoms with Gasteiger partial charge in [0.1, 0.15) is 5.82 Å². The summed E-state index contributed by atoms with van der Waals surface area (Å²) in [6, 6.07) is 2.27. The number of hydrogen-bond acceptors (Lipinski definition) is 4. The molecule has 0 unspecified atom stereocenters. The standard InChI is InChI=1S/C14H25N5O/c1-3-18-10-6-12(7-11-18)19-13(4-9-16-19)17-14(20)5-8-15-2/h4,9,12,15H,3,5-8,10-11H2,1-2H3,(H,17,20). The van der Waals surface area contributed by atoms with Gasteiger partial charge in [0, 0.05) is 32.1 Å². The topological polar surface area (TPSA) is 62.2 Å². The minimum atomic E-state index is 0.0343. The first-order valence-electron chi connectivity index (χ1n) is 7.45. The Morgan fingerprint density at radius 3 is 2.85 bits per heavy atom. The molecule has 6 nitrogen and oxygen atoms in total. The Morgan fingerprint density at radius 2 is 2.20 bits per heavy atom. The van der Waals surface area contributed by atoms with Crippen molar-refractivity contribution in [3.63, 3.8) is 0 Å². The second-order valence-corrected chi connectivity index (χ2v) is 5.23. The van der Waals surface area contributed by atoms with Crippen molar-refractivity contribution in [2.75, 3.05) is 38.5 Å². The van der Waals surface area contributed by atoms with E-state index in [1.54, 1.807) is 6.20 Å². The molecule has 1 fully saturated rings. The fourth-order valence-electron chi connectivity index (χ4n) is 2.63. The highest BCUT2D eigenvalue weighted by Crippen LogP contribution is 2.25. The molecule has 20 heavy (non-hydrogen) atoms. The molecule has 0 saturated carbocycles. The SMILES string of the molecule is CCN1CCC(n2nccc2NC(=O)CCNC)CC1. The van der Waals surface area contributed by atoms with E-state index in [1.165, 1.54) is 0 Å². The predicted octanol–water partition coefficient (Wildman–Crippen LogP) is 1.09. The van der Waals surface area contributed by atoms with Crippen molar-refractivity contribution in [2.45, 2.75) is 32.2 Å². The summed E-state index contributed by atoms with van der Waals surface area (Å²) in [4.78, 5) is 14.3. The number of likely N-dealkylation sites (tertiary alicyclic amines) is 1. The van der Waals surface area contributed by atoms with Crippen molar-refractivity contribution in [3.8, 4) is 0 Å². The average Bonchev–Trinajstić information content (AvgIpc) is 2.93. The number of nitrogens with zero attached hydrogens (tertiary/aromatic N) is 3. The maximum atomic E-state index is 11.8. The summed E-state index contributed by atoms with van der Waals surface area (Å²) in [5.74, 6) is 0.855. The van der Waals surface area contributed by atoms with Crippen molar-refractivity contribution in [1.82, 2.24) is 20.0 Å². The van der Waals surface area contributed by atoms with Gasteiger partial charge in [0.25, 0.3) is 0 Å². The first-order chi connectivity index (χ1) is 9.74. The second kappa shape index (κ2) is 7.40. The fraction of sp³-hybridized carbons (Fsp3) is 0.714. The zero-order valence-corrected chi connectivity index (χ0v) is 12.4. The summed E-state index contributed by atoms with van der Waals surface area (Å²) >= 11 is 0. The molecule has 1 aromatic heterocycles. The maximum Gasteiger partial charge on any atom is 0.226 e. The molecular weight excluding hydrogens is 254 g/mol. The Bertz CT molecular complexity index is 423. The largest absolute Gasteiger partial charge is 0.319 e. The lowest BCUT2D eigenvalue weighted by atomic mass is 10.1. The van der Waals surface area contributed by atoms with Gasteiger partial charge in [-0.05, 0) is 26.4 Å². The number of hydrogen-bond donors (Lipinski definition) is 2. The molecule has 1 saturated heterocycles. The molecule has 0 aromatic carbocycles. The van der Waals surface area contributed by atoms with Crippen molar-refractivity contribution in [1.29, 1.82) is 0 Å². The molecule has 0 radical (unpaired) electrons. The van der Waals surface area contributed by atoms with Crippen LogP contribution in [0.2, 0.25) is 0 Å². The van der Waals surface area contributed by atoms with Crippen LogP contribution in [0, 0.1) is 0 Å². The van der Waals surface area contributed by atoms with Crippen molar-refractivity contribution < 1.29 is 4.79 Å². The van der Waals surface area contributed by atoms with Crippen LogP contribution >= 0.6 is 0 Å². The molecule has 1 aliphatic heterocycles. The van der Waals surface area contributed by atoms with E-state index in [1.807, 2.05) is 17.8 Å². The minimum Gasteiger partial charge on any atom is -0.319 e. The number of piperidine rings is 1. The normalized spacial score (nSPS) is 17.3. The summed E-state index contributed by atoms with van der Waals surface area (Å²) in [5.41, 5.74) is 0. The van der Waals surface area contributed by atoms with Crippen LogP contribution in [0.15, 0.2) is 12.3 Å². The summed E-state index contributed by atoms with van der Waals surface area (Å²) < 4.78 is 1.98. The van der Waals surface area contributed by atoms with Crippen LogP contribution in [0.3, 0.4) is 0 Å². The lowest BCUT2D eigenvalue weighted by molar-refractivity contribution is -0.116. The first kappa shape index (κ1) is 15.0. The Balaban J connectivity index is 1.93. The molecule has 1 aromatic rings.